The fourth-order valence-corrected chi connectivity index (χ4v) is 4.10. The van der Waals surface area contributed by atoms with Gasteiger partial charge < -0.3 is 14.6 Å². The van der Waals surface area contributed by atoms with Gasteiger partial charge >= 0.3 is 0 Å². The van der Waals surface area contributed by atoms with E-state index in [1.165, 1.54) is 25.7 Å². The zero-order valence-electron chi connectivity index (χ0n) is 12.1. The van der Waals surface area contributed by atoms with E-state index in [4.69, 9.17) is 9.26 Å². The highest BCUT2D eigenvalue weighted by Crippen LogP contribution is 2.35. The molecule has 4 heterocycles. The van der Waals surface area contributed by atoms with E-state index in [1.54, 1.807) is 0 Å². The van der Waals surface area contributed by atoms with Gasteiger partial charge in [0.05, 0.1) is 0 Å². The van der Waals surface area contributed by atoms with Crippen molar-refractivity contribution in [3.63, 3.8) is 0 Å². The summed E-state index contributed by atoms with van der Waals surface area (Å²) in [5.74, 6) is 2.23. The van der Waals surface area contributed by atoms with Crippen LogP contribution >= 0.6 is 0 Å². The minimum Gasteiger partial charge on any atom is -0.367 e. The lowest BCUT2D eigenvalue weighted by molar-refractivity contribution is 0.00768. The number of nitrogens with one attached hydrogen (secondary N) is 1. The van der Waals surface area contributed by atoms with Crippen LogP contribution in [0.25, 0.3) is 0 Å². The summed E-state index contributed by atoms with van der Waals surface area (Å²) in [7, 11) is 0. The zero-order chi connectivity index (χ0) is 13.6. The van der Waals surface area contributed by atoms with Gasteiger partial charge in [0.1, 0.15) is 5.60 Å². The molecule has 5 heteroatoms. The Labute approximate surface area is 119 Å². The highest BCUT2D eigenvalue weighted by molar-refractivity contribution is 5.03. The molecule has 0 spiro atoms. The minimum atomic E-state index is -0.325. The molecule has 0 amide bonds. The molecular weight excluding hydrogens is 254 g/mol. The molecule has 2 bridgehead atoms. The lowest BCUT2D eigenvalue weighted by Gasteiger charge is -2.28. The van der Waals surface area contributed by atoms with Crippen LogP contribution in [0, 0.1) is 5.92 Å². The van der Waals surface area contributed by atoms with E-state index in [1.807, 2.05) is 0 Å². The normalized spacial score (nSPS) is 40.4. The Morgan fingerprint density at radius 3 is 2.80 bits per heavy atom. The number of piperidine rings is 1. The Kier molecular flexibility index (Phi) is 3.07. The first-order valence-electron chi connectivity index (χ1n) is 7.94. The Bertz CT molecular complexity index is 469. The van der Waals surface area contributed by atoms with Crippen LogP contribution in [-0.4, -0.2) is 28.8 Å². The van der Waals surface area contributed by atoms with Crippen molar-refractivity contribution in [1.29, 1.82) is 0 Å². The minimum absolute atomic E-state index is 0.325. The molecule has 4 rings (SSSR count). The van der Waals surface area contributed by atoms with Crippen LogP contribution in [0.3, 0.4) is 0 Å². The van der Waals surface area contributed by atoms with Crippen LogP contribution in [-0.2, 0) is 16.8 Å². The molecule has 110 valence electrons. The average Bonchev–Trinajstić information content (AvgIpc) is 3.12. The van der Waals surface area contributed by atoms with E-state index in [0.717, 1.165) is 49.7 Å². The Morgan fingerprint density at radius 2 is 2.10 bits per heavy atom. The summed E-state index contributed by atoms with van der Waals surface area (Å²) in [4.78, 5) is 4.61. The summed E-state index contributed by atoms with van der Waals surface area (Å²) >= 11 is 0. The lowest BCUT2D eigenvalue weighted by atomic mass is 9.90. The third-order valence-corrected chi connectivity index (χ3v) is 5.19. The number of fused-ring (bicyclic) bond motifs is 2. The quantitative estimate of drug-likeness (QED) is 0.917. The molecule has 1 N–H and O–H groups in total. The maximum atomic E-state index is 5.78. The molecule has 3 fully saturated rings. The molecule has 0 aliphatic carbocycles. The van der Waals surface area contributed by atoms with Crippen molar-refractivity contribution in [2.24, 2.45) is 5.92 Å². The molecule has 20 heavy (non-hydrogen) atoms. The van der Waals surface area contributed by atoms with Crippen LogP contribution in [0.2, 0.25) is 0 Å². The maximum absolute atomic E-state index is 5.78. The largest absolute Gasteiger partial charge is 0.367 e. The predicted molar refractivity (Wildman–Crippen MR) is 73.2 cm³/mol. The summed E-state index contributed by atoms with van der Waals surface area (Å²) < 4.78 is 11.3. The molecule has 5 nitrogen and oxygen atoms in total. The summed E-state index contributed by atoms with van der Waals surface area (Å²) in [6.45, 7) is 2.87. The van der Waals surface area contributed by atoms with Gasteiger partial charge in [-0.1, -0.05) is 5.16 Å². The Hall–Kier alpha value is -0.940. The highest BCUT2D eigenvalue weighted by atomic mass is 16.5. The van der Waals surface area contributed by atoms with Crippen molar-refractivity contribution in [3.8, 4) is 0 Å². The smallest absolute Gasteiger partial charge is 0.227 e. The van der Waals surface area contributed by atoms with Crippen molar-refractivity contribution in [1.82, 2.24) is 15.5 Å². The number of hydrogen-bond acceptors (Lipinski definition) is 5. The molecule has 3 saturated heterocycles. The van der Waals surface area contributed by atoms with Crippen LogP contribution < -0.4 is 5.32 Å². The van der Waals surface area contributed by atoms with E-state index in [9.17, 15) is 0 Å². The van der Waals surface area contributed by atoms with Crippen LogP contribution in [0.4, 0.5) is 0 Å². The van der Waals surface area contributed by atoms with Gasteiger partial charge in [0.15, 0.2) is 0 Å². The molecule has 0 radical (unpaired) electrons. The van der Waals surface area contributed by atoms with Crippen LogP contribution in [0.5, 0.6) is 0 Å². The fraction of sp³-hybridized carbons (Fsp3) is 0.867. The van der Waals surface area contributed by atoms with Crippen molar-refractivity contribution in [2.45, 2.75) is 69.6 Å². The van der Waals surface area contributed by atoms with Crippen molar-refractivity contribution in [3.05, 3.63) is 11.7 Å². The monoisotopic (exact) mass is 277 g/mol. The fourth-order valence-electron chi connectivity index (χ4n) is 4.10. The summed E-state index contributed by atoms with van der Waals surface area (Å²) in [6.07, 6.45) is 8.17. The highest BCUT2D eigenvalue weighted by Gasteiger charge is 2.38. The number of rotatable bonds is 3. The van der Waals surface area contributed by atoms with Crippen molar-refractivity contribution < 1.29 is 9.26 Å². The van der Waals surface area contributed by atoms with Gasteiger partial charge in [-0.05, 0) is 51.4 Å². The van der Waals surface area contributed by atoms with Gasteiger partial charge in [-0.3, -0.25) is 0 Å². The first-order chi connectivity index (χ1) is 9.71. The van der Waals surface area contributed by atoms with E-state index in [-0.39, 0.29) is 5.60 Å². The molecule has 1 aromatic heterocycles. The first-order valence-corrected chi connectivity index (χ1v) is 7.94. The maximum Gasteiger partial charge on any atom is 0.227 e. The second-order valence-electron chi connectivity index (χ2n) is 6.87. The van der Waals surface area contributed by atoms with E-state index >= 15 is 0 Å². The van der Waals surface area contributed by atoms with Crippen LogP contribution in [0.1, 0.15) is 57.2 Å². The zero-order valence-corrected chi connectivity index (χ0v) is 12.1. The topological polar surface area (TPSA) is 60.2 Å². The molecule has 0 saturated carbocycles. The first kappa shape index (κ1) is 12.8. The van der Waals surface area contributed by atoms with E-state index in [0.29, 0.717) is 5.92 Å². The van der Waals surface area contributed by atoms with Gasteiger partial charge in [0.2, 0.25) is 11.7 Å². The Balaban J connectivity index is 1.43. The summed E-state index contributed by atoms with van der Waals surface area (Å²) in [5.41, 5.74) is -0.325. The number of aromatic nitrogens is 2. The second kappa shape index (κ2) is 4.81. The molecule has 3 aliphatic heterocycles. The Morgan fingerprint density at radius 1 is 1.30 bits per heavy atom. The third kappa shape index (κ3) is 2.27. The van der Waals surface area contributed by atoms with Gasteiger partial charge in [-0.2, -0.15) is 4.98 Å². The van der Waals surface area contributed by atoms with Gasteiger partial charge in [0.25, 0.3) is 0 Å². The van der Waals surface area contributed by atoms with Crippen molar-refractivity contribution >= 4 is 0 Å². The molecule has 1 aromatic rings. The van der Waals surface area contributed by atoms with Crippen molar-refractivity contribution in [2.75, 3.05) is 6.61 Å². The predicted octanol–water partition coefficient (Wildman–Crippen LogP) is 2.17. The molecule has 3 aliphatic rings. The van der Waals surface area contributed by atoms with Crippen LogP contribution in [0.15, 0.2) is 4.52 Å². The summed E-state index contributed by atoms with van der Waals surface area (Å²) in [6, 6.07) is 1.44. The van der Waals surface area contributed by atoms with E-state index < -0.39 is 0 Å². The second-order valence-corrected chi connectivity index (χ2v) is 6.87. The van der Waals surface area contributed by atoms with E-state index in [2.05, 4.69) is 22.4 Å². The standard InChI is InChI=1S/C15H23N3O2/c1-15(5-2-6-19-15)14-17-13(20-18-14)9-10-7-11-3-4-12(8-10)16-11/h10-12,16H,2-9H2,1H3. The third-order valence-electron chi connectivity index (χ3n) is 5.19. The number of ether oxygens (including phenoxy) is 1. The molecule has 0 aromatic carbocycles. The van der Waals surface area contributed by atoms with Gasteiger partial charge in [-0.15, -0.1) is 0 Å². The summed E-state index contributed by atoms with van der Waals surface area (Å²) in [5, 5.41) is 7.84. The molecular formula is C15H23N3O2. The van der Waals surface area contributed by atoms with Gasteiger partial charge in [0, 0.05) is 25.1 Å². The lowest BCUT2D eigenvalue weighted by Crippen LogP contribution is -2.38. The molecule has 3 unspecified atom stereocenters. The number of hydrogen-bond donors (Lipinski definition) is 1. The number of nitrogens with zero attached hydrogens (tertiary/aromatic N) is 2. The molecule has 3 atom stereocenters. The SMILES string of the molecule is CC1(c2noc(CC3CC4CCC(C3)N4)n2)CCCO1. The average molecular weight is 277 g/mol. The van der Waals surface area contributed by atoms with Gasteiger partial charge in [-0.25, -0.2) is 0 Å².